The molecule has 2 heteroatoms. The van der Waals surface area contributed by atoms with Gasteiger partial charge in [0.25, 0.3) is 0 Å². The third kappa shape index (κ3) is 3.76. The smallest absolute Gasteiger partial charge is 0.159 e. The number of hydrogen-bond acceptors (Lipinski definition) is 0. The van der Waals surface area contributed by atoms with Gasteiger partial charge < -0.3 is 0 Å². The number of rotatable bonds is 3. The lowest BCUT2D eigenvalue weighted by Crippen LogP contribution is -2.19. The lowest BCUT2D eigenvalue weighted by atomic mass is 9.86. The quantitative estimate of drug-likeness (QED) is 0.158. The minimum absolute atomic E-state index is 0.489. The molecule has 2 aliphatic rings. The molecule has 0 saturated heterocycles. The Morgan fingerprint density at radius 2 is 1.86 bits per heavy atom. The maximum atomic E-state index is 4.33. The molecule has 0 unspecified atom stereocenters. The predicted octanol–water partition coefficient (Wildman–Crippen LogP) is 9.00. The van der Waals surface area contributed by atoms with Crippen molar-refractivity contribution in [3.8, 4) is 11.1 Å². The molecule has 2 heterocycles. The van der Waals surface area contributed by atoms with Crippen molar-refractivity contribution in [3.05, 3.63) is 100 Å². The van der Waals surface area contributed by atoms with E-state index in [1.54, 1.807) is 11.1 Å². The number of allylic oxidation sites excluding steroid dienone is 2. The van der Waals surface area contributed by atoms with Crippen LogP contribution >= 0.6 is 11.3 Å². The molecule has 0 spiro atoms. The van der Waals surface area contributed by atoms with Gasteiger partial charge in [-0.05, 0) is 72.4 Å². The number of nitrogens with zero attached hydrogens (tertiary/aromatic N) is 1. The van der Waals surface area contributed by atoms with Crippen LogP contribution in [0.4, 0.5) is 0 Å². The number of hydrogen-bond donors (Lipinski definition) is 0. The lowest BCUT2D eigenvalue weighted by Gasteiger charge is -2.26. The summed E-state index contributed by atoms with van der Waals surface area (Å²) >= 11 is 1.92. The average Bonchev–Trinajstić information content (AvgIpc) is 3.19. The van der Waals surface area contributed by atoms with E-state index in [-0.39, 0.29) is 0 Å². The minimum Gasteiger partial charge on any atom is -0.255 e. The van der Waals surface area contributed by atoms with E-state index in [4.69, 9.17) is 0 Å². The molecule has 1 aliphatic carbocycles. The first-order valence-electron chi connectivity index (χ1n) is 12.9. The van der Waals surface area contributed by atoms with Crippen LogP contribution in [0.3, 0.4) is 0 Å². The van der Waals surface area contributed by atoms with E-state index < -0.39 is 0 Å². The van der Waals surface area contributed by atoms with E-state index >= 15 is 0 Å². The van der Waals surface area contributed by atoms with Crippen LogP contribution in [-0.2, 0) is 12.8 Å². The van der Waals surface area contributed by atoms with E-state index in [2.05, 4.69) is 95.2 Å². The molecule has 0 amide bonds. The molecule has 6 rings (SSSR count). The number of benzene rings is 3. The molecular formula is C33H33NS. The predicted molar refractivity (Wildman–Crippen MR) is 153 cm³/mol. The van der Waals surface area contributed by atoms with Crippen LogP contribution in [-0.4, -0.2) is 11.3 Å². The van der Waals surface area contributed by atoms with Crippen molar-refractivity contribution < 1.29 is 4.58 Å². The molecule has 0 N–H and O–H groups in total. The summed E-state index contributed by atoms with van der Waals surface area (Å²) in [6, 6.07) is 19.9. The van der Waals surface area contributed by atoms with Gasteiger partial charge in [-0.3, -0.25) is 4.58 Å². The highest BCUT2D eigenvalue weighted by atomic mass is 32.1. The van der Waals surface area contributed by atoms with Gasteiger partial charge in [0.1, 0.15) is 28.3 Å². The van der Waals surface area contributed by atoms with Crippen molar-refractivity contribution in [2.45, 2.75) is 53.4 Å². The van der Waals surface area contributed by atoms with Gasteiger partial charge >= 0.3 is 0 Å². The summed E-state index contributed by atoms with van der Waals surface area (Å²) in [5, 5.41) is 2.70. The van der Waals surface area contributed by atoms with E-state index in [9.17, 15) is 0 Å². The second-order valence-electron chi connectivity index (χ2n) is 10.5. The Kier molecular flexibility index (Phi) is 5.45. The van der Waals surface area contributed by atoms with E-state index in [0.717, 1.165) is 0 Å². The zero-order chi connectivity index (χ0) is 24.3. The van der Waals surface area contributed by atoms with Crippen molar-refractivity contribution in [1.29, 1.82) is 0 Å². The van der Waals surface area contributed by atoms with Crippen molar-refractivity contribution in [1.82, 2.24) is 0 Å². The van der Waals surface area contributed by atoms with Crippen LogP contribution in [0.15, 0.2) is 72.0 Å². The average molecular weight is 476 g/mol. The summed E-state index contributed by atoms with van der Waals surface area (Å²) in [7, 11) is 0. The van der Waals surface area contributed by atoms with Gasteiger partial charge in [0.15, 0.2) is 4.70 Å². The summed E-state index contributed by atoms with van der Waals surface area (Å²) in [6.45, 7) is 13.3. The second-order valence-corrected chi connectivity index (χ2v) is 11.6. The molecule has 176 valence electrons. The molecule has 1 aliphatic heterocycles. The Morgan fingerprint density at radius 1 is 1.03 bits per heavy atom. The third-order valence-electron chi connectivity index (χ3n) is 7.83. The maximum absolute atomic E-state index is 4.33. The highest BCUT2D eigenvalue weighted by molar-refractivity contribution is 7.25. The molecule has 0 saturated carbocycles. The van der Waals surface area contributed by atoms with Crippen molar-refractivity contribution in [2.75, 3.05) is 0 Å². The van der Waals surface area contributed by atoms with Crippen LogP contribution in [0.2, 0.25) is 0 Å². The number of aryl methyl sites for hydroxylation is 2. The van der Waals surface area contributed by atoms with Gasteiger partial charge in [-0.15, -0.1) is 18.2 Å². The molecule has 3 aromatic carbocycles. The molecule has 35 heavy (non-hydrogen) atoms. The fourth-order valence-corrected chi connectivity index (χ4v) is 7.22. The molecule has 0 radical (unpaired) electrons. The summed E-state index contributed by atoms with van der Waals surface area (Å²) in [6.07, 6.45) is 9.57. The summed E-state index contributed by atoms with van der Waals surface area (Å²) < 4.78 is 4.78. The van der Waals surface area contributed by atoms with Gasteiger partial charge in [-0.2, -0.15) is 0 Å². The first kappa shape index (κ1) is 22.4. The van der Waals surface area contributed by atoms with E-state index in [1.165, 1.54) is 85.3 Å². The standard InChI is InChI=1S/C33H33NS/c1-20(2)28-18-31(34(5)19-22(28)4)29-17-30-27-14-13-24(16-33(27)35-32(30)15-21(29)3)26-12-8-10-23-9-6-7-11-25(23)26/h8,10,12-20H,5-7,9,11H2,1-4H3. The number of fused-ring (bicyclic) bond motifs is 4. The highest BCUT2D eigenvalue weighted by Crippen LogP contribution is 2.41. The monoisotopic (exact) mass is 475 g/mol. The molecule has 1 aromatic heterocycles. The third-order valence-corrected chi connectivity index (χ3v) is 8.95. The summed E-state index contributed by atoms with van der Waals surface area (Å²) in [5.74, 6) is 0.489. The Hall–Kier alpha value is -3.10. The van der Waals surface area contributed by atoms with Gasteiger partial charge in [0.2, 0.25) is 0 Å². The summed E-state index contributed by atoms with van der Waals surface area (Å²) in [4.78, 5) is 0. The first-order valence-corrected chi connectivity index (χ1v) is 13.7. The molecular weight excluding hydrogens is 442 g/mol. The van der Waals surface area contributed by atoms with Crippen LogP contribution in [0, 0.1) is 18.9 Å². The van der Waals surface area contributed by atoms with E-state index in [1.807, 2.05) is 15.9 Å². The SMILES string of the molecule is C=[N+]1C=C(C)C(C(C)C)=C[C-]1c1cc2c(cc1C)[s+][c-]1cc(-c3cccc4c3CCCC4)ccc21. The summed E-state index contributed by atoms with van der Waals surface area (Å²) in [5.41, 5.74) is 11.2. The lowest BCUT2D eigenvalue weighted by molar-refractivity contribution is -0.419. The van der Waals surface area contributed by atoms with Gasteiger partial charge in [0.05, 0.1) is 6.72 Å². The molecule has 0 fully saturated rings. The Balaban J connectivity index is 1.47. The fourth-order valence-electron chi connectivity index (χ4n) is 6.00. The Labute approximate surface area is 213 Å². The largest absolute Gasteiger partial charge is 0.255 e. The van der Waals surface area contributed by atoms with E-state index in [0.29, 0.717) is 5.92 Å². The van der Waals surface area contributed by atoms with Crippen molar-refractivity contribution in [3.63, 3.8) is 0 Å². The van der Waals surface area contributed by atoms with Gasteiger partial charge in [-0.1, -0.05) is 78.6 Å². The normalized spacial score (nSPS) is 16.1. The Bertz CT molecular complexity index is 1560. The molecule has 0 bridgehead atoms. The zero-order valence-corrected chi connectivity index (χ0v) is 22.1. The first-order chi connectivity index (χ1) is 16.9. The van der Waals surface area contributed by atoms with Crippen LogP contribution in [0.25, 0.3) is 31.3 Å². The van der Waals surface area contributed by atoms with Gasteiger partial charge in [-0.25, -0.2) is 0 Å². The van der Waals surface area contributed by atoms with Gasteiger partial charge in [0, 0.05) is 0 Å². The molecule has 1 nitrogen and oxygen atoms in total. The van der Waals surface area contributed by atoms with Crippen molar-refractivity contribution >= 4 is 38.2 Å². The van der Waals surface area contributed by atoms with Crippen LogP contribution < -0.4 is 0 Å². The second kappa shape index (κ2) is 8.53. The van der Waals surface area contributed by atoms with Crippen molar-refractivity contribution in [2.24, 2.45) is 5.92 Å². The maximum Gasteiger partial charge on any atom is 0.159 e. The van der Waals surface area contributed by atoms with Crippen LogP contribution in [0.1, 0.15) is 55.9 Å². The molecule has 0 atom stereocenters. The zero-order valence-electron chi connectivity index (χ0n) is 21.2. The highest BCUT2D eigenvalue weighted by Gasteiger charge is 2.23. The minimum atomic E-state index is 0.489. The topological polar surface area (TPSA) is 3.01 Å². The fraction of sp³-hybridized carbons (Fsp3) is 0.273. The Morgan fingerprint density at radius 3 is 2.69 bits per heavy atom. The number of thiophene rings is 1. The molecule has 4 aromatic rings. The van der Waals surface area contributed by atoms with Crippen LogP contribution in [0.5, 0.6) is 0 Å².